The number of rotatable bonds is 0. The molecular formula is C8H14O2. The Labute approximate surface area is 61.2 Å². The smallest absolute Gasteiger partial charge is 0.0882 e. The van der Waals surface area contributed by atoms with E-state index in [1.807, 2.05) is 6.08 Å². The van der Waals surface area contributed by atoms with Gasteiger partial charge in [-0.15, -0.1) is 0 Å². The highest BCUT2D eigenvalue weighted by molar-refractivity contribution is 4.92. The summed E-state index contributed by atoms with van der Waals surface area (Å²) in [5.74, 6) is 0.493. The topological polar surface area (TPSA) is 40.5 Å². The number of hydrogen-bond donors (Lipinski definition) is 2. The molecule has 0 bridgehead atoms. The van der Waals surface area contributed by atoms with Gasteiger partial charge < -0.3 is 10.2 Å². The van der Waals surface area contributed by atoms with Crippen LogP contribution >= 0.6 is 0 Å². The van der Waals surface area contributed by atoms with Crippen LogP contribution in [0, 0.1) is 0 Å². The lowest BCUT2D eigenvalue weighted by Gasteiger charge is -2.11. The third kappa shape index (κ3) is 2.40. The lowest BCUT2D eigenvalue weighted by molar-refractivity contribution is 0.148. The van der Waals surface area contributed by atoms with Gasteiger partial charge in [-0.3, -0.25) is 0 Å². The van der Waals surface area contributed by atoms with E-state index in [1.54, 1.807) is 0 Å². The number of aliphatic hydroxyl groups excluding tert-OH is 2. The van der Waals surface area contributed by atoms with Gasteiger partial charge in [0.1, 0.15) is 0 Å². The fourth-order valence-electron chi connectivity index (χ4n) is 1.21. The van der Waals surface area contributed by atoms with Gasteiger partial charge in [0.15, 0.2) is 0 Å². The summed E-state index contributed by atoms with van der Waals surface area (Å²) in [7, 11) is 0. The van der Waals surface area contributed by atoms with Crippen LogP contribution in [-0.4, -0.2) is 16.3 Å². The van der Waals surface area contributed by atoms with Crippen LogP contribution in [0.2, 0.25) is 0 Å². The van der Waals surface area contributed by atoms with Crippen molar-refractivity contribution < 1.29 is 10.2 Å². The summed E-state index contributed by atoms with van der Waals surface area (Å²) in [4.78, 5) is 0. The molecule has 2 heteroatoms. The summed E-state index contributed by atoms with van der Waals surface area (Å²) < 4.78 is 0. The van der Waals surface area contributed by atoms with Crippen molar-refractivity contribution >= 4 is 0 Å². The summed E-state index contributed by atoms with van der Waals surface area (Å²) in [6.07, 6.45) is 5.74. The highest BCUT2D eigenvalue weighted by Crippen LogP contribution is 2.15. The molecule has 0 aliphatic heterocycles. The molecule has 0 fully saturated rings. The molecule has 0 saturated heterocycles. The van der Waals surface area contributed by atoms with Crippen LogP contribution in [0.5, 0.6) is 0 Å². The van der Waals surface area contributed by atoms with E-state index in [4.69, 9.17) is 5.11 Å². The van der Waals surface area contributed by atoms with Gasteiger partial charge in [-0.2, -0.15) is 0 Å². The Balaban J connectivity index is 2.38. The summed E-state index contributed by atoms with van der Waals surface area (Å²) in [5.41, 5.74) is 0. The second kappa shape index (κ2) is 3.62. The summed E-state index contributed by atoms with van der Waals surface area (Å²) in [6.45, 7) is 0. The normalized spacial score (nSPS) is 28.5. The van der Waals surface area contributed by atoms with Crippen LogP contribution < -0.4 is 0 Å². The highest BCUT2D eigenvalue weighted by Gasteiger charge is 2.06. The maximum absolute atomic E-state index is 9.19. The van der Waals surface area contributed by atoms with E-state index < -0.39 is 0 Å². The molecule has 10 heavy (non-hydrogen) atoms. The van der Waals surface area contributed by atoms with E-state index in [-0.39, 0.29) is 6.10 Å². The summed E-state index contributed by atoms with van der Waals surface area (Å²) >= 11 is 0. The van der Waals surface area contributed by atoms with Gasteiger partial charge in [0, 0.05) is 6.42 Å². The van der Waals surface area contributed by atoms with Crippen molar-refractivity contribution in [1.82, 2.24) is 0 Å². The third-order valence-electron chi connectivity index (χ3n) is 1.85. The minimum atomic E-state index is -0.149. The molecule has 2 N–H and O–H groups in total. The van der Waals surface area contributed by atoms with E-state index >= 15 is 0 Å². The molecule has 1 rings (SSSR count). The molecule has 1 unspecified atom stereocenters. The number of aliphatic hydroxyl groups is 2. The second-order valence-electron chi connectivity index (χ2n) is 2.82. The van der Waals surface area contributed by atoms with Crippen molar-refractivity contribution in [3.8, 4) is 0 Å². The Morgan fingerprint density at radius 3 is 3.00 bits per heavy atom. The maximum atomic E-state index is 9.19. The summed E-state index contributed by atoms with van der Waals surface area (Å²) in [5, 5.41) is 18.3. The van der Waals surface area contributed by atoms with Crippen LogP contribution in [-0.2, 0) is 0 Å². The zero-order valence-corrected chi connectivity index (χ0v) is 6.08. The predicted molar refractivity (Wildman–Crippen MR) is 39.8 cm³/mol. The van der Waals surface area contributed by atoms with Crippen LogP contribution in [0.3, 0.4) is 0 Å². The zero-order valence-electron chi connectivity index (χ0n) is 6.08. The molecule has 0 heterocycles. The first kappa shape index (κ1) is 7.61. The first-order valence-electron chi connectivity index (χ1n) is 3.85. The quantitative estimate of drug-likeness (QED) is 0.541. The molecule has 1 aliphatic carbocycles. The monoisotopic (exact) mass is 142 g/mol. The van der Waals surface area contributed by atoms with Crippen molar-refractivity contribution in [3.63, 3.8) is 0 Å². The van der Waals surface area contributed by atoms with Crippen LogP contribution in [0.25, 0.3) is 0 Å². The van der Waals surface area contributed by atoms with Crippen LogP contribution in [0.4, 0.5) is 0 Å². The van der Waals surface area contributed by atoms with Gasteiger partial charge in [0.2, 0.25) is 0 Å². The molecule has 0 radical (unpaired) electrons. The lowest BCUT2D eigenvalue weighted by Crippen LogP contribution is -2.07. The van der Waals surface area contributed by atoms with Crippen molar-refractivity contribution in [3.05, 3.63) is 11.8 Å². The van der Waals surface area contributed by atoms with Crippen molar-refractivity contribution in [2.24, 2.45) is 0 Å². The van der Waals surface area contributed by atoms with Crippen LogP contribution in [0.15, 0.2) is 11.8 Å². The predicted octanol–water partition coefficient (Wildman–Crippen LogP) is 1.75. The van der Waals surface area contributed by atoms with Gasteiger partial charge in [-0.25, -0.2) is 0 Å². The van der Waals surface area contributed by atoms with Crippen LogP contribution in [0.1, 0.15) is 32.1 Å². The maximum Gasteiger partial charge on any atom is 0.0882 e. The molecule has 0 saturated carbocycles. The SMILES string of the molecule is OC1=CCCC(O)CCC1. The second-order valence-corrected chi connectivity index (χ2v) is 2.82. The van der Waals surface area contributed by atoms with E-state index in [9.17, 15) is 5.11 Å². The Morgan fingerprint density at radius 2 is 2.20 bits per heavy atom. The summed E-state index contributed by atoms with van der Waals surface area (Å²) in [6, 6.07) is 0. The fraction of sp³-hybridized carbons (Fsp3) is 0.750. The van der Waals surface area contributed by atoms with Gasteiger partial charge in [0.05, 0.1) is 11.9 Å². The molecule has 1 atom stereocenters. The molecule has 2 nitrogen and oxygen atoms in total. The fourth-order valence-corrected chi connectivity index (χ4v) is 1.21. The minimum absolute atomic E-state index is 0.149. The molecule has 0 spiro atoms. The average Bonchev–Trinajstić information content (AvgIpc) is 1.84. The van der Waals surface area contributed by atoms with E-state index in [0.29, 0.717) is 5.76 Å². The lowest BCUT2D eigenvalue weighted by atomic mass is 10.0. The van der Waals surface area contributed by atoms with Crippen molar-refractivity contribution in [1.29, 1.82) is 0 Å². The molecule has 0 aromatic heterocycles. The molecule has 0 aromatic rings. The van der Waals surface area contributed by atoms with Gasteiger partial charge in [-0.1, -0.05) is 0 Å². The standard InChI is InChI=1S/C8H14O2/c9-7-3-1-4-8(10)6-2-5-7/h3,8-10H,1-2,4-6H2. The molecule has 0 amide bonds. The van der Waals surface area contributed by atoms with Gasteiger partial charge >= 0.3 is 0 Å². The first-order valence-corrected chi connectivity index (χ1v) is 3.85. The Bertz CT molecular complexity index is 129. The van der Waals surface area contributed by atoms with E-state index in [1.165, 1.54) is 0 Å². The van der Waals surface area contributed by atoms with Crippen molar-refractivity contribution in [2.45, 2.75) is 38.2 Å². The van der Waals surface area contributed by atoms with Gasteiger partial charge in [-0.05, 0) is 31.8 Å². The van der Waals surface area contributed by atoms with Crippen molar-refractivity contribution in [2.75, 3.05) is 0 Å². The Hall–Kier alpha value is -0.500. The number of allylic oxidation sites excluding steroid dienone is 2. The number of hydrogen-bond acceptors (Lipinski definition) is 2. The molecular weight excluding hydrogens is 128 g/mol. The third-order valence-corrected chi connectivity index (χ3v) is 1.85. The van der Waals surface area contributed by atoms with E-state index in [0.717, 1.165) is 32.1 Å². The average molecular weight is 142 g/mol. The molecule has 58 valence electrons. The van der Waals surface area contributed by atoms with Gasteiger partial charge in [0.25, 0.3) is 0 Å². The minimum Gasteiger partial charge on any atom is -0.513 e. The molecule has 1 aliphatic rings. The van der Waals surface area contributed by atoms with E-state index in [2.05, 4.69) is 0 Å². The molecule has 0 aromatic carbocycles. The Kier molecular flexibility index (Phi) is 2.75. The Morgan fingerprint density at radius 1 is 1.40 bits per heavy atom. The first-order chi connectivity index (χ1) is 4.79. The largest absolute Gasteiger partial charge is 0.513 e. The zero-order chi connectivity index (χ0) is 7.40. The highest BCUT2D eigenvalue weighted by atomic mass is 16.3.